The van der Waals surface area contributed by atoms with Gasteiger partial charge in [-0.3, -0.25) is 0 Å². The summed E-state index contributed by atoms with van der Waals surface area (Å²) >= 11 is 0. The van der Waals surface area contributed by atoms with Crippen LogP contribution in [0, 0.1) is 12.3 Å². The van der Waals surface area contributed by atoms with Crippen LogP contribution in [0.2, 0.25) is 0 Å². The first-order valence-electron chi connectivity index (χ1n) is 3.94. The van der Waals surface area contributed by atoms with Gasteiger partial charge < -0.3 is 4.57 Å². The van der Waals surface area contributed by atoms with Crippen molar-refractivity contribution < 1.29 is 0 Å². The van der Waals surface area contributed by atoms with Crippen molar-refractivity contribution in [3.8, 4) is 12.3 Å². The van der Waals surface area contributed by atoms with Crippen LogP contribution in [0.5, 0.6) is 0 Å². The van der Waals surface area contributed by atoms with Crippen molar-refractivity contribution in [1.82, 2.24) is 4.57 Å². The minimum atomic E-state index is 0.481. The largest absolute Gasteiger partial charge is 0.350 e. The van der Waals surface area contributed by atoms with Gasteiger partial charge in [0, 0.05) is 24.9 Å². The van der Waals surface area contributed by atoms with Crippen LogP contribution >= 0.6 is 0 Å². The molecular weight excluding hydrogens is 134 g/mol. The Hall–Kier alpha value is -1.16. The number of nitrogens with zero attached hydrogens (tertiary/aromatic N) is 1. The fourth-order valence-corrected chi connectivity index (χ4v) is 1.19. The molecule has 11 heavy (non-hydrogen) atoms. The van der Waals surface area contributed by atoms with Gasteiger partial charge in [-0.1, -0.05) is 6.92 Å². The molecule has 0 aliphatic rings. The van der Waals surface area contributed by atoms with E-state index in [1.54, 1.807) is 0 Å². The van der Waals surface area contributed by atoms with Crippen LogP contribution in [0.4, 0.5) is 0 Å². The summed E-state index contributed by atoms with van der Waals surface area (Å²) < 4.78 is 2.17. The van der Waals surface area contributed by atoms with E-state index in [2.05, 4.69) is 29.8 Å². The van der Waals surface area contributed by atoms with E-state index in [9.17, 15) is 0 Å². The van der Waals surface area contributed by atoms with Crippen molar-refractivity contribution in [2.45, 2.75) is 25.8 Å². The summed E-state index contributed by atoms with van der Waals surface area (Å²) in [6.45, 7) is 2.15. The van der Waals surface area contributed by atoms with Crippen molar-refractivity contribution in [2.24, 2.45) is 0 Å². The summed E-state index contributed by atoms with van der Waals surface area (Å²) in [7, 11) is 0. The van der Waals surface area contributed by atoms with Gasteiger partial charge in [-0.15, -0.1) is 12.3 Å². The van der Waals surface area contributed by atoms with Gasteiger partial charge in [-0.25, -0.2) is 0 Å². The molecule has 0 amide bonds. The quantitative estimate of drug-likeness (QED) is 0.579. The predicted octanol–water partition coefficient (Wildman–Crippen LogP) is 2.46. The zero-order chi connectivity index (χ0) is 8.10. The lowest BCUT2D eigenvalue weighted by Crippen LogP contribution is -2.03. The molecule has 1 aromatic rings. The molecule has 1 heteroatoms. The van der Waals surface area contributed by atoms with E-state index < -0.39 is 0 Å². The molecule has 1 nitrogen and oxygen atoms in total. The third kappa shape index (κ3) is 1.88. The number of terminal acetylenes is 1. The average molecular weight is 147 g/mol. The lowest BCUT2D eigenvalue weighted by atomic mass is 10.1. The normalized spacial score (nSPS) is 12.4. The maximum atomic E-state index is 5.25. The molecule has 0 bridgehead atoms. The molecule has 1 unspecified atom stereocenters. The minimum absolute atomic E-state index is 0.481. The lowest BCUT2D eigenvalue weighted by molar-refractivity contribution is 0.500. The van der Waals surface area contributed by atoms with Crippen LogP contribution in [0.3, 0.4) is 0 Å². The smallest absolute Gasteiger partial charge is 0.0437 e. The molecule has 0 saturated heterocycles. The van der Waals surface area contributed by atoms with Crippen molar-refractivity contribution in [2.75, 3.05) is 0 Å². The second-order valence-electron chi connectivity index (χ2n) is 2.60. The van der Waals surface area contributed by atoms with E-state index in [-0.39, 0.29) is 0 Å². The van der Waals surface area contributed by atoms with E-state index in [4.69, 9.17) is 6.42 Å². The van der Waals surface area contributed by atoms with Crippen LogP contribution in [-0.4, -0.2) is 4.57 Å². The fraction of sp³-hybridized carbons (Fsp3) is 0.400. The lowest BCUT2D eigenvalue weighted by Gasteiger charge is -2.13. The maximum absolute atomic E-state index is 5.25. The second-order valence-corrected chi connectivity index (χ2v) is 2.60. The van der Waals surface area contributed by atoms with Gasteiger partial charge in [0.2, 0.25) is 0 Å². The van der Waals surface area contributed by atoms with E-state index in [0.29, 0.717) is 6.04 Å². The van der Waals surface area contributed by atoms with Gasteiger partial charge in [0.05, 0.1) is 0 Å². The summed E-state index contributed by atoms with van der Waals surface area (Å²) in [6, 6.07) is 4.54. The molecule has 0 N–H and O–H groups in total. The summed E-state index contributed by atoms with van der Waals surface area (Å²) in [5, 5.41) is 0. The second kappa shape index (κ2) is 3.88. The summed E-state index contributed by atoms with van der Waals surface area (Å²) in [4.78, 5) is 0. The van der Waals surface area contributed by atoms with E-state index in [1.165, 1.54) is 0 Å². The number of aromatic nitrogens is 1. The highest BCUT2D eigenvalue weighted by Gasteiger charge is 2.03. The third-order valence-corrected chi connectivity index (χ3v) is 1.87. The van der Waals surface area contributed by atoms with Crippen molar-refractivity contribution >= 4 is 0 Å². The summed E-state index contributed by atoms with van der Waals surface area (Å²) in [5.41, 5.74) is 0. The minimum Gasteiger partial charge on any atom is -0.350 e. The van der Waals surface area contributed by atoms with Gasteiger partial charge in [0.1, 0.15) is 0 Å². The van der Waals surface area contributed by atoms with Crippen LogP contribution in [0.15, 0.2) is 24.5 Å². The molecule has 0 aromatic carbocycles. The fourth-order valence-electron chi connectivity index (χ4n) is 1.19. The highest BCUT2D eigenvalue weighted by Crippen LogP contribution is 2.14. The topological polar surface area (TPSA) is 4.93 Å². The van der Waals surface area contributed by atoms with Crippen molar-refractivity contribution in [1.29, 1.82) is 0 Å². The van der Waals surface area contributed by atoms with Crippen LogP contribution in [0.25, 0.3) is 0 Å². The van der Waals surface area contributed by atoms with Crippen LogP contribution in [0.1, 0.15) is 25.8 Å². The molecule has 1 atom stereocenters. The van der Waals surface area contributed by atoms with E-state index >= 15 is 0 Å². The summed E-state index contributed by atoms with van der Waals surface area (Å²) in [5.74, 6) is 2.69. The highest BCUT2D eigenvalue weighted by atomic mass is 15.0. The number of hydrogen-bond acceptors (Lipinski definition) is 0. The molecule has 0 spiro atoms. The van der Waals surface area contributed by atoms with Gasteiger partial charge in [-0.05, 0) is 18.6 Å². The van der Waals surface area contributed by atoms with Gasteiger partial charge in [0.25, 0.3) is 0 Å². The Morgan fingerprint density at radius 3 is 2.55 bits per heavy atom. The highest BCUT2D eigenvalue weighted by molar-refractivity contribution is 4.96. The average Bonchev–Trinajstić information content (AvgIpc) is 2.52. The Bertz CT molecular complexity index is 228. The van der Waals surface area contributed by atoms with Crippen molar-refractivity contribution in [3.63, 3.8) is 0 Å². The third-order valence-electron chi connectivity index (χ3n) is 1.87. The Morgan fingerprint density at radius 1 is 1.45 bits per heavy atom. The van der Waals surface area contributed by atoms with Gasteiger partial charge >= 0.3 is 0 Å². The molecule has 1 heterocycles. The molecule has 0 fully saturated rings. The predicted molar refractivity (Wildman–Crippen MR) is 47.2 cm³/mol. The molecule has 0 aliphatic heterocycles. The summed E-state index contributed by atoms with van der Waals surface area (Å²) in [6.07, 6.45) is 11.3. The molecule has 1 aromatic heterocycles. The van der Waals surface area contributed by atoms with Gasteiger partial charge in [-0.2, -0.15) is 0 Å². The molecule has 0 radical (unpaired) electrons. The number of hydrogen-bond donors (Lipinski definition) is 0. The van der Waals surface area contributed by atoms with Crippen LogP contribution < -0.4 is 0 Å². The zero-order valence-corrected chi connectivity index (χ0v) is 6.83. The zero-order valence-electron chi connectivity index (χ0n) is 6.83. The maximum Gasteiger partial charge on any atom is 0.0437 e. The Labute approximate surface area is 68.0 Å². The van der Waals surface area contributed by atoms with Crippen LogP contribution in [-0.2, 0) is 0 Å². The molecule has 58 valence electrons. The molecular formula is C10H13N. The first-order valence-corrected chi connectivity index (χ1v) is 3.94. The molecule has 0 saturated carbocycles. The standard InChI is InChI=1S/C10H13N/c1-3-7-10(4-2)11-8-5-6-9-11/h1,5-6,8-10H,4,7H2,2H3. The SMILES string of the molecule is C#CCC(CC)n1cccc1. The monoisotopic (exact) mass is 147 g/mol. The first-order chi connectivity index (χ1) is 5.38. The molecule has 1 rings (SSSR count). The Morgan fingerprint density at radius 2 is 2.09 bits per heavy atom. The van der Waals surface area contributed by atoms with E-state index in [0.717, 1.165) is 12.8 Å². The van der Waals surface area contributed by atoms with Crippen molar-refractivity contribution in [3.05, 3.63) is 24.5 Å². The number of rotatable bonds is 3. The molecule has 0 aliphatic carbocycles. The van der Waals surface area contributed by atoms with Gasteiger partial charge in [0.15, 0.2) is 0 Å². The Kier molecular flexibility index (Phi) is 2.80. The Balaban J connectivity index is 2.65. The first kappa shape index (κ1) is 7.94. The van der Waals surface area contributed by atoms with E-state index in [1.807, 2.05) is 12.1 Å².